The van der Waals surface area contributed by atoms with E-state index in [0.717, 1.165) is 21.9 Å². The predicted molar refractivity (Wildman–Crippen MR) is 238 cm³/mol. The van der Waals surface area contributed by atoms with E-state index in [2.05, 4.69) is 196 Å². The Bertz CT molecular complexity index is 3390. The van der Waals surface area contributed by atoms with Gasteiger partial charge in [-0.15, -0.1) is 0 Å². The maximum Gasteiger partial charge on any atom is 0.143 e. The molecule has 1 nitrogen and oxygen atoms in total. The molecule has 0 aliphatic heterocycles. The lowest BCUT2D eigenvalue weighted by Crippen LogP contribution is -2.14. The number of hydrogen-bond donors (Lipinski definition) is 0. The lowest BCUT2D eigenvalue weighted by molar-refractivity contribution is 0.660. The minimum absolute atomic E-state index is 0.0263. The minimum Gasteiger partial charge on any atom is -0.455 e. The second kappa shape index (κ2) is 11.5. The number of fused-ring (bicyclic) bond motifs is 12. The molecule has 0 saturated heterocycles. The van der Waals surface area contributed by atoms with E-state index in [1.165, 1.54) is 98.7 Å². The largest absolute Gasteiger partial charge is 0.455 e. The van der Waals surface area contributed by atoms with Crippen molar-refractivity contribution in [3.63, 3.8) is 0 Å². The summed E-state index contributed by atoms with van der Waals surface area (Å²) < 4.78 is 6.65. The molecule has 10 aromatic carbocycles. The topological polar surface area (TPSA) is 13.1 Å². The van der Waals surface area contributed by atoms with E-state index >= 15 is 0 Å². The summed E-state index contributed by atoms with van der Waals surface area (Å²) >= 11 is 0. The standard InChI is InChI=1S/C55H36O/c1-55(2)48-21-10-9-16-40(48)47-32-38(25-28-49(47)55)52-43-19-7-5-17-41(43)51(42-18-6-8-20-44(42)52)37-14-11-13-35(30-37)36-23-22-34-24-27-45-53-39-15-4-3-12-33(39)26-29-50(53)56-54(45)46(34)31-36/h3-32H,1-2H3. The van der Waals surface area contributed by atoms with Gasteiger partial charge in [-0.25, -0.2) is 0 Å². The molecule has 1 aliphatic rings. The Balaban J connectivity index is 1.04. The quantitative estimate of drug-likeness (QED) is 0.166. The summed E-state index contributed by atoms with van der Waals surface area (Å²) in [5, 5.41) is 12.1. The van der Waals surface area contributed by atoms with Crippen molar-refractivity contribution in [3.05, 3.63) is 193 Å². The Morgan fingerprint density at radius 1 is 0.357 bits per heavy atom. The van der Waals surface area contributed by atoms with E-state index in [0.29, 0.717) is 0 Å². The van der Waals surface area contributed by atoms with Gasteiger partial charge in [0.2, 0.25) is 0 Å². The molecule has 0 bridgehead atoms. The molecular weight excluding hydrogens is 677 g/mol. The second-order valence-electron chi connectivity index (χ2n) is 16.0. The van der Waals surface area contributed by atoms with Crippen LogP contribution in [0.25, 0.3) is 110 Å². The smallest absolute Gasteiger partial charge is 0.143 e. The predicted octanol–water partition coefficient (Wildman–Crippen LogP) is 15.5. The van der Waals surface area contributed by atoms with Gasteiger partial charge in [-0.3, -0.25) is 0 Å². The van der Waals surface area contributed by atoms with Gasteiger partial charge in [-0.05, 0) is 124 Å². The van der Waals surface area contributed by atoms with Gasteiger partial charge in [0.15, 0.2) is 0 Å². The average molecular weight is 713 g/mol. The molecule has 12 rings (SSSR count). The third-order valence-corrected chi connectivity index (χ3v) is 12.6. The van der Waals surface area contributed by atoms with Crippen molar-refractivity contribution in [1.29, 1.82) is 0 Å². The van der Waals surface area contributed by atoms with Crippen LogP contribution in [0.5, 0.6) is 0 Å². The SMILES string of the molecule is CC1(C)c2ccccc2-c2cc(-c3c4ccccc4c(-c4cccc(-c5ccc6ccc7c(oc8ccc9ccccc9c87)c6c5)c4)c4ccccc34)ccc21. The Morgan fingerprint density at radius 2 is 0.911 bits per heavy atom. The molecule has 1 heterocycles. The van der Waals surface area contributed by atoms with Crippen molar-refractivity contribution in [3.8, 4) is 44.5 Å². The van der Waals surface area contributed by atoms with Crippen molar-refractivity contribution in [2.75, 3.05) is 0 Å². The normalized spacial score (nSPS) is 13.3. The Hall–Kier alpha value is -6.96. The van der Waals surface area contributed by atoms with Crippen LogP contribution in [0.1, 0.15) is 25.0 Å². The van der Waals surface area contributed by atoms with Gasteiger partial charge in [0, 0.05) is 21.6 Å². The zero-order valence-corrected chi connectivity index (χ0v) is 31.2. The van der Waals surface area contributed by atoms with Crippen LogP contribution in [-0.4, -0.2) is 0 Å². The van der Waals surface area contributed by atoms with Crippen LogP contribution in [0, 0.1) is 0 Å². The molecule has 0 radical (unpaired) electrons. The molecule has 1 heteroatoms. The zero-order valence-electron chi connectivity index (χ0n) is 31.2. The lowest BCUT2D eigenvalue weighted by atomic mass is 9.81. The molecule has 0 spiro atoms. The summed E-state index contributed by atoms with van der Waals surface area (Å²) in [6, 6.07) is 67.2. The number of furan rings is 1. The second-order valence-corrected chi connectivity index (χ2v) is 16.0. The first-order chi connectivity index (χ1) is 27.5. The van der Waals surface area contributed by atoms with E-state index in [-0.39, 0.29) is 5.41 Å². The first kappa shape index (κ1) is 31.4. The molecular formula is C55H36O. The van der Waals surface area contributed by atoms with Crippen LogP contribution < -0.4 is 0 Å². The van der Waals surface area contributed by atoms with Crippen molar-refractivity contribution < 1.29 is 4.42 Å². The van der Waals surface area contributed by atoms with Crippen LogP contribution in [0.2, 0.25) is 0 Å². The Labute approximate surface area is 325 Å². The molecule has 1 aliphatic carbocycles. The Kier molecular flexibility index (Phi) is 6.46. The fraction of sp³-hybridized carbons (Fsp3) is 0.0545. The third-order valence-electron chi connectivity index (χ3n) is 12.6. The van der Waals surface area contributed by atoms with Crippen LogP contribution in [-0.2, 0) is 5.41 Å². The maximum absolute atomic E-state index is 6.65. The first-order valence-electron chi connectivity index (χ1n) is 19.6. The summed E-state index contributed by atoms with van der Waals surface area (Å²) in [7, 11) is 0. The maximum atomic E-state index is 6.65. The summed E-state index contributed by atoms with van der Waals surface area (Å²) in [4.78, 5) is 0. The van der Waals surface area contributed by atoms with Crippen molar-refractivity contribution in [2.24, 2.45) is 0 Å². The van der Waals surface area contributed by atoms with Crippen molar-refractivity contribution in [1.82, 2.24) is 0 Å². The van der Waals surface area contributed by atoms with Gasteiger partial charge in [0.1, 0.15) is 11.2 Å². The highest BCUT2D eigenvalue weighted by Crippen LogP contribution is 2.51. The van der Waals surface area contributed by atoms with E-state index < -0.39 is 0 Å². The monoisotopic (exact) mass is 712 g/mol. The molecule has 262 valence electrons. The highest BCUT2D eigenvalue weighted by molar-refractivity contribution is 6.24. The molecule has 0 fully saturated rings. The summed E-state index contributed by atoms with van der Waals surface area (Å²) in [5.74, 6) is 0. The van der Waals surface area contributed by atoms with Gasteiger partial charge in [0.25, 0.3) is 0 Å². The molecule has 0 unspecified atom stereocenters. The molecule has 0 atom stereocenters. The minimum atomic E-state index is -0.0263. The fourth-order valence-electron chi connectivity index (χ4n) is 9.98. The number of rotatable bonds is 3. The van der Waals surface area contributed by atoms with Gasteiger partial charge in [0.05, 0.1) is 0 Å². The highest BCUT2D eigenvalue weighted by Gasteiger charge is 2.35. The van der Waals surface area contributed by atoms with E-state index in [4.69, 9.17) is 4.42 Å². The number of hydrogen-bond acceptors (Lipinski definition) is 1. The third kappa shape index (κ3) is 4.37. The first-order valence-corrected chi connectivity index (χ1v) is 19.6. The van der Waals surface area contributed by atoms with Crippen LogP contribution in [0.15, 0.2) is 186 Å². The average Bonchev–Trinajstić information content (AvgIpc) is 3.75. The van der Waals surface area contributed by atoms with Gasteiger partial charge in [-0.1, -0.05) is 166 Å². The fourth-order valence-corrected chi connectivity index (χ4v) is 9.98. The van der Waals surface area contributed by atoms with Crippen molar-refractivity contribution >= 4 is 65.0 Å². The molecule has 0 N–H and O–H groups in total. The molecule has 0 saturated carbocycles. The summed E-state index contributed by atoms with van der Waals surface area (Å²) in [5.41, 5.74) is 14.7. The molecule has 0 amide bonds. The van der Waals surface area contributed by atoms with Crippen LogP contribution in [0.3, 0.4) is 0 Å². The van der Waals surface area contributed by atoms with Crippen LogP contribution in [0.4, 0.5) is 0 Å². The molecule has 56 heavy (non-hydrogen) atoms. The number of benzene rings is 10. The zero-order chi connectivity index (χ0) is 37.1. The van der Waals surface area contributed by atoms with E-state index in [1.807, 2.05) is 0 Å². The summed E-state index contributed by atoms with van der Waals surface area (Å²) in [6.45, 7) is 4.70. The van der Waals surface area contributed by atoms with Crippen molar-refractivity contribution in [2.45, 2.75) is 19.3 Å². The van der Waals surface area contributed by atoms with E-state index in [1.54, 1.807) is 0 Å². The van der Waals surface area contributed by atoms with E-state index in [9.17, 15) is 0 Å². The lowest BCUT2D eigenvalue weighted by Gasteiger charge is -2.22. The molecule has 1 aromatic heterocycles. The molecule has 11 aromatic rings. The summed E-state index contributed by atoms with van der Waals surface area (Å²) in [6.07, 6.45) is 0. The van der Waals surface area contributed by atoms with Gasteiger partial charge >= 0.3 is 0 Å². The Morgan fingerprint density at radius 3 is 1.68 bits per heavy atom. The highest BCUT2D eigenvalue weighted by atomic mass is 16.3. The van der Waals surface area contributed by atoms with Gasteiger partial charge in [-0.2, -0.15) is 0 Å². The van der Waals surface area contributed by atoms with Gasteiger partial charge < -0.3 is 4.42 Å². The van der Waals surface area contributed by atoms with Crippen LogP contribution >= 0.6 is 0 Å².